The molecule has 0 fully saturated rings. The Labute approximate surface area is 313 Å². The van der Waals surface area contributed by atoms with Gasteiger partial charge in [-0.05, 0) is 102 Å². The fourth-order valence-corrected chi connectivity index (χ4v) is 7.87. The Kier molecular flexibility index (Phi) is 7.53. The normalized spacial score (nSPS) is 11.3. The number of nitrogens with zero attached hydrogens (tertiary/aromatic N) is 3. The topological polar surface area (TPSA) is 49.6 Å². The quantitative estimate of drug-likeness (QED) is 0.169. The van der Waals surface area contributed by atoms with Crippen LogP contribution in [-0.2, 0) is 0 Å². The molecule has 250 valence electrons. The van der Waals surface area contributed by atoms with Gasteiger partial charge in [0.25, 0.3) is 0 Å². The number of para-hydroxylation sites is 1. The van der Waals surface area contributed by atoms with E-state index in [-0.39, 0.29) is 0 Å². The molecule has 0 saturated carbocycles. The highest BCUT2D eigenvalue weighted by molar-refractivity contribution is 6.14. The molecule has 3 heteroatoms. The number of fused-ring (bicyclic) bond motifs is 5. The Morgan fingerprint density at radius 2 is 0.907 bits per heavy atom. The average Bonchev–Trinajstić information content (AvgIpc) is 3.25. The van der Waals surface area contributed by atoms with Crippen LogP contribution in [0.1, 0.15) is 5.56 Å². The minimum Gasteiger partial charge on any atom is -0.228 e. The molecule has 1 aromatic heterocycles. The number of nitriles is 1. The van der Waals surface area contributed by atoms with Gasteiger partial charge in [0.2, 0.25) is 0 Å². The van der Waals surface area contributed by atoms with Crippen molar-refractivity contribution >= 4 is 43.2 Å². The van der Waals surface area contributed by atoms with Gasteiger partial charge in [0.15, 0.2) is 5.82 Å². The lowest BCUT2D eigenvalue weighted by molar-refractivity contribution is 1.23. The van der Waals surface area contributed by atoms with E-state index in [4.69, 9.17) is 9.97 Å². The molecule has 1 heterocycles. The van der Waals surface area contributed by atoms with E-state index in [0.717, 1.165) is 66.3 Å². The maximum atomic E-state index is 9.20. The van der Waals surface area contributed by atoms with Gasteiger partial charge in [0, 0.05) is 16.5 Å². The summed E-state index contributed by atoms with van der Waals surface area (Å²) in [6.45, 7) is 0. The van der Waals surface area contributed by atoms with Gasteiger partial charge in [-0.15, -0.1) is 0 Å². The highest BCUT2D eigenvalue weighted by Gasteiger charge is 2.17. The first-order valence-electron chi connectivity index (χ1n) is 18.1. The maximum Gasteiger partial charge on any atom is 0.161 e. The maximum absolute atomic E-state index is 9.20. The van der Waals surface area contributed by atoms with E-state index in [9.17, 15) is 5.26 Å². The van der Waals surface area contributed by atoms with Crippen molar-refractivity contribution in [3.8, 4) is 62.1 Å². The third kappa shape index (κ3) is 5.37. The van der Waals surface area contributed by atoms with Crippen LogP contribution in [0.4, 0.5) is 0 Å². The van der Waals surface area contributed by atoms with Gasteiger partial charge in [-0.3, -0.25) is 0 Å². The summed E-state index contributed by atoms with van der Waals surface area (Å²) in [6, 6.07) is 68.1. The van der Waals surface area contributed by atoms with E-state index >= 15 is 0 Å². The summed E-state index contributed by atoms with van der Waals surface area (Å²) in [5.41, 5.74) is 11.4. The lowest BCUT2D eigenvalue weighted by atomic mass is 9.92. The Morgan fingerprint density at radius 1 is 0.352 bits per heavy atom. The summed E-state index contributed by atoms with van der Waals surface area (Å²) in [5, 5.41) is 17.4. The first-order valence-corrected chi connectivity index (χ1v) is 18.1. The van der Waals surface area contributed by atoms with Crippen molar-refractivity contribution in [1.29, 1.82) is 5.26 Å². The summed E-state index contributed by atoms with van der Waals surface area (Å²) in [4.78, 5) is 10.5. The zero-order chi connectivity index (χ0) is 36.0. The molecule has 0 amide bonds. The molecule has 3 nitrogen and oxygen atoms in total. The summed E-state index contributed by atoms with van der Waals surface area (Å²) in [7, 11) is 0. The van der Waals surface area contributed by atoms with Crippen LogP contribution in [0.5, 0.6) is 0 Å². The van der Waals surface area contributed by atoms with Crippen molar-refractivity contribution in [2.75, 3.05) is 0 Å². The second kappa shape index (κ2) is 13.0. The van der Waals surface area contributed by atoms with E-state index in [1.807, 2.05) is 30.3 Å². The van der Waals surface area contributed by atoms with E-state index in [0.29, 0.717) is 11.4 Å². The molecule has 0 radical (unpaired) electrons. The molecule has 10 aromatic rings. The number of hydrogen-bond donors (Lipinski definition) is 0. The van der Waals surface area contributed by atoms with Gasteiger partial charge in [-0.2, -0.15) is 5.26 Å². The molecule has 0 aliphatic heterocycles. The second-order valence-electron chi connectivity index (χ2n) is 13.7. The van der Waals surface area contributed by atoms with Crippen molar-refractivity contribution in [3.63, 3.8) is 0 Å². The molecule has 0 bridgehead atoms. The first-order chi connectivity index (χ1) is 26.7. The summed E-state index contributed by atoms with van der Waals surface area (Å²) in [5.74, 6) is 0.698. The van der Waals surface area contributed by atoms with Crippen LogP contribution in [0.3, 0.4) is 0 Å². The fourth-order valence-electron chi connectivity index (χ4n) is 7.87. The third-order valence-corrected chi connectivity index (χ3v) is 10.5. The number of hydrogen-bond acceptors (Lipinski definition) is 3. The van der Waals surface area contributed by atoms with Crippen LogP contribution in [0.25, 0.3) is 99.2 Å². The van der Waals surface area contributed by atoms with E-state index in [2.05, 4.69) is 164 Å². The van der Waals surface area contributed by atoms with Crippen LogP contribution in [0, 0.1) is 11.3 Å². The third-order valence-electron chi connectivity index (χ3n) is 10.5. The molecule has 0 unspecified atom stereocenters. The van der Waals surface area contributed by atoms with Gasteiger partial charge in [0.1, 0.15) is 0 Å². The van der Waals surface area contributed by atoms with E-state index in [1.165, 1.54) is 27.1 Å². The summed E-state index contributed by atoms with van der Waals surface area (Å²) >= 11 is 0. The van der Waals surface area contributed by atoms with Gasteiger partial charge >= 0.3 is 0 Å². The van der Waals surface area contributed by atoms with E-state index < -0.39 is 0 Å². The minimum atomic E-state index is 0.660. The standard InChI is InChI=1S/C51H31N3/c52-32-33-20-22-34(23-21-33)35-24-26-36(27-25-35)41-28-29-46(44-16-5-3-15-43(41)44)51-53-49-19-8-7-18-47(49)50(54-51)39-12-9-11-37(30-39)48-31-38-10-1-2-13-40(38)42-14-4-6-17-45(42)48/h1-31H. The Balaban J connectivity index is 1.09. The van der Waals surface area contributed by atoms with Crippen molar-refractivity contribution in [2.24, 2.45) is 0 Å². The van der Waals surface area contributed by atoms with Crippen LogP contribution < -0.4 is 0 Å². The zero-order valence-corrected chi connectivity index (χ0v) is 29.2. The van der Waals surface area contributed by atoms with Crippen molar-refractivity contribution in [2.45, 2.75) is 0 Å². The van der Waals surface area contributed by atoms with E-state index in [1.54, 1.807) is 0 Å². The molecule has 0 aliphatic carbocycles. The molecule has 0 atom stereocenters. The predicted octanol–water partition coefficient (Wildman–Crippen LogP) is 13.3. The van der Waals surface area contributed by atoms with Crippen LogP contribution in [0.15, 0.2) is 188 Å². The molecular weight excluding hydrogens is 655 g/mol. The lowest BCUT2D eigenvalue weighted by Gasteiger charge is -2.15. The lowest BCUT2D eigenvalue weighted by Crippen LogP contribution is -1.96. The first kappa shape index (κ1) is 31.3. The molecule has 0 spiro atoms. The van der Waals surface area contributed by atoms with Crippen LogP contribution in [-0.4, -0.2) is 9.97 Å². The average molecular weight is 686 g/mol. The molecule has 9 aromatic carbocycles. The number of benzene rings is 9. The second-order valence-corrected chi connectivity index (χ2v) is 13.7. The summed E-state index contributed by atoms with van der Waals surface area (Å²) in [6.07, 6.45) is 0. The number of aromatic nitrogens is 2. The van der Waals surface area contributed by atoms with Crippen molar-refractivity contribution in [3.05, 3.63) is 194 Å². The molecule has 0 aliphatic rings. The molecule has 0 N–H and O–H groups in total. The molecular formula is C51H31N3. The van der Waals surface area contributed by atoms with Gasteiger partial charge < -0.3 is 0 Å². The molecule has 0 saturated heterocycles. The molecule has 10 rings (SSSR count). The Morgan fingerprint density at radius 3 is 1.65 bits per heavy atom. The fraction of sp³-hybridized carbons (Fsp3) is 0. The Hall–Kier alpha value is -7.41. The largest absolute Gasteiger partial charge is 0.228 e. The minimum absolute atomic E-state index is 0.660. The molecule has 54 heavy (non-hydrogen) atoms. The Bertz CT molecular complexity index is 3100. The smallest absolute Gasteiger partial charge is 0.161 e. The predicted molar refractivity (Wildman–Crippen MR) is 224 cm³/mol. The van der Waals surface area contributed by atoms with Crippen LogP contribution in [0.2, 0.25) is 0 Å². The van der Waals surface area contributed by atoms with Gasteiger partial charge in [-0.25, -0.2) is 9.97 Å². The highest BCUT2D eigenvalue weighted by Crippen LogP contribution is 2.39. The number of rotatable bonds is 5. The van der Waals surface area contributed by atoms with Crippen molar-refractivity contribution < 1.29 is 0 Å². The van der Waals surface area contributed by atoms with Crippen LogP contribution >= 0.6 is 0 Å². The van der Waals surface area contributed by atoms with Gasteiger partial charge in [-0.1, -0.05) is 152 Å². The SMILES string of the molecule is N#Cc1ccc(-c2ccc(-c3ccc(-c4nc(-c5cccc(-c6cc7ccccc7c7ccccc67)c5)c5ccccc5n4)c4ccccc34)cc2)cc1. The monoisotopic (exact) mass is 685 g/mol. The summed E-state index contributed by atoms with van der Waals surface area (Å²) < 4.78 is 0. The highest BCUT2D eigenvalue weighted by atomic mass is 14.9. The zero-order valence-electron chi connectivity index (χ0n) is 29.2. The van der Waals surface area contributed by atoms with Gasteiger partial charge in [0.05, 0.1) is 22.8 Å². The van der Waals surface area contributed by atoms with Crippen molar-refractivity contribution in [1.82, 2.24) is 9.97 Å².